The fraction of sp³-hybridized carbons (Fsp3) is 0.286. The fourth-order valence-corrected chi connectivity index (χ4v) is 4.28. The van der Waals surface area contributed by atoms with Gasteiger partial charge < -0.3 is 14.6 Å². The number of nitrogens with one attached hydrogen (secondary N) is 1. The fourth-order valence-electron chi connectivity index (χ4n) is 3.69. The van der Waals surface area contributed by atoms with E-state index in [-0.39, 0.29) is 5.91 Å². The van der Waals surface area contributed by atoms with Gasteiger partial charge in [0.05, 0.1) is 12.1 Å². The number of aromatic nitrogens is 1. The van der Waals surface area contributed by atoms with Crippen molar-refractivity contribution in [1.29, 1.82) is 0 Å². The third kappa shape index (κ3) is 3.35. The van der Waals surface area contributed by atoms with E-state index in [1.807, 2.05) is 35.9 Å². The minimum Gasteiger partial charge on any atom is -0.379 e. The van der Waals surface area contributed by atoms with Crippen LogP contribution in [0.4, 0.5) is 0 Å². The summed E-state index contributed by atoms with van der Waals surface area (Å²) in [6.45, 7) is 1.11. The number of fused-ring (bicyclic) bond motifs is 1. The van der Waals surface area contributed by atoms with Gasteiger partial charge in [0, 0.05) is 40.9 Å². The van der Waals surface area contributed by atoms with Crippen LogP contribution in [0.3, 0.4) is 0 Å². The third-order valence-corrected chi connectivity index (χ3v) is 6.23. The number of carbonyl (C=O) groups is 1. The Balaban J connectivity index is 1.67. The molecule has 6 heteroatoms. The second kappa shape index (κ2) is 7.23. The van der Waals surface area contributed by atoms with Crippen LogP contribution in [0.25, 0.3) is 10.9 Å². The number of ether oxygens (including phenoxy) is 1. The molecular weight excluding hydrogens is 380 g/mol. The van der Waals surface area contributed by atoms with E-state index in [0.717, 1.165) is 22.9 Å². The second-order valence-electron chi connectivity index (χ2n) is 6.86. The first kappa shape index (κ1) is 18.4. The van der Waals surface area contributed by atoms with E-state index in [1.165, 1.54) is 4.90 Å². The molecule has 1 unspecified atom stereocenters. The molecule has 0 bridgehead atoms. The normalized spacial score (nSPS) is 19.5. The predicted octanol–water partition coefficient (Wildman–Crippen LogP) is 4.60. The molecule has 1 fully saturated rings. The molecule has 140 valence electrons. The summed E-state index contributed by atoms with van der Waals surface area (Å²) >= 11 is 7.80. The van der Waals surface area contributed by atoms with Crippen LogP contribution >= 0.6 is 23.4 Å². The average Bonchev–Trinajstić information content (AvgIpc) is 3.27. The van der Waals surface area contributed by atoms with Crippen molar-refractivity contribution in [3.8, 4) is 0 Å². The Morgan fingerprint density at radius 1 is 1.22 bits per heavy atom. The highest BCUT2D eigenvalue weighted by Crippen LogP contribution is 2.32. The second-order valence-corrected chi connectivity index (χ2v) is 8.18. The van der Waals surface area contributed by atoms with Gasteiger partial charge in [-0.25, -0.2) is 0 Å². The molecule has 1 amide bonds. The van der Waals surface area contributed by atoms with E-state index < -0.39 is 5.54 Å². The predicted molar refractivity (Wildman–Crippen MR) is 111 cm³/mol. The number of benzene rings is 2. The number of hydrogen-bond donors (Lipinski definition) is 1. The standard InChI is InChI=1S/C21H21ClN2O2S/c1-24-18-8-5-16(22)11-14(18)12-19(24)20(25)23-21(9-10-26-13-21)15-3-6-17(27-2)7-4-15/h3-8,11-12H,9-10,13H2,1-2H3,(H,23,25). The highest BCUT2D eigenvalue weighted by molar-refractivity contribution is 7.98. The largest absolute Gasteiger partial charge is 0.379 e. The highest BCUT2D eigenvalue weighted by Gasteiger charge is 2.38. The van der Waals surface area contributed by atoms with Crippen LogP contribution in [0.2, 0.25) is 5.02 Å². The summed E-state index contributed by atoms with van der Waals surface area (Å²) in [7, 11) is 1.90. The van der Waals surface area contributed by atoms with Crippen LogP contribution in [0.5, 0.6) is 0 Å². The monoisotopic (exact) mass is 400 g/mol. The first-order chi connectivity index (χ1) is 13.0. The molecule has 1 aliphatic heterocycles. The Bertz CT molecular complexity index is 991. The van der Waals surface area contributed by atoms with Gasteiger partial charge in [0.1, 0.15) is 5.69 Å². The van der Waals surface area contributed by atoms with Gasteiger partial charge in [0.15, 0.2) is 0 Å². The molecule has 0 radical (unpaired) electrons. The quantitative estimate of drug-likeness (QED) is 0.651. The molecule has 1 aromatic heterocycles. The van der Waals surface area contributed by atoms with Crippen LogP contribution in [0.15, 0.2) is 53.4 Å². The molecule has 4 rings (SSSR count). The molecule has 1 atom stereocenters. The number of carbonyl (C=O) groups excluding carboxylic acids is 1. The zero-order valence-corrected chi connectivity index (χ0v) is 16.9. The van der Waals surface area contributed by atoms with Crippen LogP contribution < -0.4 is 5.32 Å². The molecule has 3 aromatic rings. The first-order valence-corrected chi connectivity index (χ1v) is 10.4. The summed E-state index contributed by atoms with van der Waals surface area (Å²) < 4.78 is 7.57. The first-order valence-electron chi connectivity index (χ1n) is 8.82. The molecule has 27 heavy (non-hydrogen) atoms. The van der Waals surface area contributed by atoms with Gasteiger partial charge in [0.25, 0.3) is 5.91 Å². The van der Waals surface area contributed by atoms with E-state index in [9.17, 15) is 4.79 Å². The molecule has 0 spiro atoms. The van der Waals surface area contributed by atoms with Gasteiger partial charge in [-0.3, -0.25) is 4.79 Å². The summed E-state index contributed by atoms with van der Waals surface area (Å²) in [5.74, 6) is -0.107. The number of hydrogen-bond acceptors (Lipinski definition) is 3. The zero-order chi connectivity index (χ0) is 19.0. The lowest BCUT2D eigenvalue weighted by atomic mass is 9.89. The summed E-state index contributed by atoms with van der Waals surface area (Å²) in [6.07, 6.45) is 2.81. The van der Waals surface area contributed by atoms with Crippen molar-refractivity contribution in [3.05, 3.63) is 64.8 Å². The van der Waals surface area contributed by atoms with E-state index in [4.69, 9.17) is 16.3 Å². The highest BCUT2D eigenvalue weighted by atomic mass is 35.5. The minimum absolute atomic E-state index is 0.107. The number of nitrogens with zero attached hydrogens (tertiary/aromatic N) is 1. The topological polar surface area (TPSA) is 43.3 Å². The minimum atomic E-state index is -0.498. The van der Waals surface area contributed by atoms with Gasteiger partial charge in [-0.15, -0.1) is 11.8 Å². The molecule has 1 aliphatic rings. The number of amides is 1. The molecule has 4 nitrogen and oxygen atoms in total. The van der Waals surface area contributed by atoms with Crippen molar-refractivity contribution in [2.75, 3.05) is 19.5 Å². The number of rotatable bonds is 4. The van der Waals surface area contributed by atoms with Gasteiger partial charge in [-0.1, -0.05) is 23.7 Å². The Morgan fingerprint density at radius 3 is 2.67 bits per heavy atom. The summed E-state index contributed by atoms with van der Waals surface area (Å²) in [6, 6.07) is 15.9. The van der Waals surface area contributed by atoms with Crippen LogP contribution in [0.1, 0.15) is 22.5 Å². The maximum atomic E-state index is 13.2. The molecule has 0 aliphatic carbocycles. The number of aryl methyl sites for hydroxylation is 1. The van der Waals surface area contributed by atoms with E-state index >= 15 is 0 Å². The Hall–Kier alpha value is -1.95. The van der Waals surface area contributed by atoms with Gasteiger partial charge in [-0.05, 0) is 48.2 Å². The van der Waals surface area contributed by atoms with Crippen molar-refractivity contribution in [2.24, 2.45) is 7.05 Å². The van der Waals surface area contributed by atoms with Gasteiger partial charge >= 0.3 is 0 Å². The van der Waals surface area contributed by atoms with Crippen molar-refractivity contribution in [2.45, 2.75) is 16.9 Å². The SMILES string of the molecule is CSc1ccc(C2(NC(=O)c3cc4cc(Cl)ccc4n3C)CCOC2)cc1. The number of halogens is 1. The van der Waals surface area contributed by atoms with Gasteiger partial charge in [0.2, 0.25) is 0 Å². The van der Waals surface area contributed by atoms with E-state index in [0.29, 0.717) is 23.9 Å². The van der Waals surface area contributed by atoms with Crippen LogP contribution in [-0.4, -0.2) is 29.9 Å². The average molecular weight is 401 g/mol. The van der Waals surface area contributed by atoms with Crippen LogP contribution in [-0.2, 0) is 17.3 Å². The van der Waals surface area contributed by atoms with Crippen molar-refractivity contribution in [3.63, 3.8) is 0 Å². The molecule has 0 saturated carbocycles. The van der Waals surface area contributed by atoms with Gasteiger partial charge in [-0.2, -0.15) is 0 Å². The Morgan fingerprint density at radius 2 is 2.00 bits per heavy atom. The molecular formula is C21H21ClN2O2S. The van der Waals surface area contributed by atoms with Crippen molar-refractivity contribution in [1.82, 2.24) is 9.88 Å². The van der Waals surface area contributed by atoms with Crippen molar-refractivity contribution >= 4 is 40.2 Å². The maximum Gasteiger partial charge on any atom is 0.268 e. The Kier molecular flexibility index (Phi) is 4.93. The van der Waals surface area contributed by atoms with Crippen molar-refractivity contribution < 1.29 is 9.53 Å². The van der Waals surface area contributed by atoms with E-state index in [1.54, 1.807) is 11.8 Å². The Labute approximate surface area is 167 Å². The summed E-state index contributed by atoms with van der Waals surface area (Å²) in [5.41, 5.74) is 2.17. The lowest BCUT2D eigenvalue weighted by molar-refractivity contribution is 0.0868. The lowest BCUT2D eigenvalue weighted by Gasteiger charge is -2.29. The summed E-state index contributed by atoms with van der Waals surface area (Å²) in [4.78, 5) is 14.4. The maximum absolute atomic E-state index is 13.2. The molecule has 1 N–H and O–H groups in total. The number of thioether (sulfide) groups is 1. The zero-order valence-electron chi connectivity index (χ0n) is 15.3. The third-order valence-electron chi connectivity index (χ3n) is 5.25. The molecule has 1 saturated heterocycles. The molecule has 2 heterocycles. The smallest absolute Gasteiger partial charge is 0.268 e. The summed E-state index contributed by atoms with van der Waals surface area (Å²) in [5, 5.41) is 4.87. The molecule has 2 aromatic carbocycles. The van der Waals surface area contributed by atoms with Crippen LogP contribution in [0, 0.1) is 0 Å². The lowest BCUT2D eigenvalue weighted by Crippen LogP contribution is -2.46. The van der Waals surface area contributed by atoms with E-state index in [2.05, 4.69) is 35.8 Å².